The Morgan fingerprint density at radius 2 is 1.80 bits per heavy atom. The lowest BCUT2D eigenvalue weighted by atomic mass is 10.1. The van der Waals surface area contributed by atoms with Crippen LogP contribution in [0.2, 0.25) is 0 Å². The van der Waals surface area contributed by atoms with Crippen LogP contribution in [0.15, 0.2) is 0 Å². The van der Waals surface area contributed by atoms with E-state index in [0.717, 1.165) is 0 Å². The first-order valence-corrected chi connectivity index (χ1v) is 6.54. The fourth-order valence-electron chi connectivity index (χ4n) is 2.00. The molecule has 0 aromatic rings. The lowest BCUT2D eigenvalue weighted by Crippen LogP contribution is -2.48. The minimum Gasteiger partial charge on any atom is -0.479 e. The highest BCUT2D eigenvalue weighted by Crippen LogP contribution is 2.21. The van der Waals surface area contributed by atoms with E-state index in [0.29, 0.717) is 12.8 Å². The monoisotopic (exact) mass is 286 g/mol. The van der Waals surface area contributed by atoms with Gasteiger partial charge in [0.1, 0.15) is 6.10 Å². The Balaban J connectivity index is 2.48. The van der Waals surface area contributed by atoms with E-state index >= 15 is 0 Å². The summed E-state index contributed by atoms with van der Waals surface area (Å²) < 4.78 is 5.17. The topological polar surface area (TPSA) is 95.9 Å². The smallest absolute Gasteiger partial charge is 0.332 e. The van der Waals surface area contributed by atoms with Crippen LogP contribution in [0.1, 0.15) is 33.6 Å². The molecule has 0 aromatic carbocycles. The van der Waals surface area contributed by atoms with Crippen molar-refractivity contribution < 1.29 is 24.2 Å². The number of carboxylic acid groups (broad SMARTS) is 1. The van der Waals surface area contributed by atoms with Gasteiger partial charge >= 0.3 is 5.97 Å². The second-order valence-electron chi connectivity index (χ2n) is 6.02. The number of aliphatic carboxylic acids is 1. The lowest BCUT2D eigenvalue weighted by molar-refractivity contribution is -0.155. The molecular weight excluding hydrogens is 264 g/mol. The molecule has 1 heterocycles. The number of carboxylic acids is 1. The largest absolute Gasteiger partial charge is 0.479 e. The molecule has 1 rings (SSSR count). The van der Waals surface area contributed by atoms with E-state index < -0.39 is 18.2 Å². The third-order valence-electron chi connectivity index (χ3n) is 2.84. The van der Waals surface area contributed by atoms with E-state index in [1.807, 2.05) is 20.8 Å². The molecule has 2 N–H and O–H groups in total. The Morgan fingerprint density at radius 1 is 1.25 bits per heavy atom. The van der Waals surface area contributed by atoms with E-state index in [2.05, 4.69) is 5.32 Å². The van der Waals surface area contributed by atoms with Crippen LogP contribution in [-0.4, -0.2) is 59.1 Å². The SMILES string of the molecule is CN(CC(=O)NC(C)(C)C)C(=O)C1CCC(C(=O)O)O1. The molecule has 7 heteroatoms. The Bertz CT molecular complexity index is 402. The van der Waals surface area contributed by atoms with Crippen LogP contribution in [0.4, 0.5) is 0 Å². The fraction of sp³-hybridized carbons (Fsp3) is 0.769. The second kappa shape index (κ2) is 6.21. The molecule has 0 radical (unpaired) electrons. The molecule has 0 saturated carbocycles. The van der Waals surface area contributed by atoms with Crippen molar-refractivity contribution in [2.45, 2.75) is 51.4 Å². The Morgan fingerprint density at radius 3 is 2.25 bits per heavy atom. The maximum atomic E-state index is 12.0. The summed E-state index contributed by atoms with van der Waals surface area (Å²) in [6, 6.07) is 0. The van der Waals surface area contributed by atoms with Gasteiger partial charge in [0, 0.05) is 12.6 Å². The maximum Gasteiger partial charge on any atom is 0.332 e. The van der Waals surface area contributed by atoms with Crippen molar-refractivity contribution in [3.63, 3.8) is 0 Å². The zero-order valence-electron chi connectivity index (χ0n) is 12.3. The van der Waals surface area contributed by atoms with Crippen LogP contribution in [0.25, 0.3) is 0 Å². The fourth-order valence-corrected chi connectivity index (χ4v) is 2.00. The first-order valence-electron chi connectivity index (χ1n) is 6.54. The van der Waals surface area contributed by atoms with Crippen molar-refractivity contribution in [2.24, 2.45) is 0 Å². The van der Waals surface area contributed by atoms with Gasteiger partial charge in [-0.2, -0.15) is 0 Å². The first kappa shape index (κ1) is 16.4. The van der Waals surface area contributed by atoms with Crippen molar-refractivity contribution in [1.29, 1.82) is 0 Å². The summed E-state index contributed by atoms with van der Waals surface area (Å²) >= 11 is 0. The predicted octanol–water partition coefficient (Wildman–Crippen LogP) is -0.00830. The molecule has 114 valence electrons. The maximum absolute atomic E-state index is 12.0. The summed E-state index contributed by atoms with van der Waals surface area (Å²) in [5, 5.41) is 11.6. The van der Waals surface area contributed by atoms with E-state index in [4.69, 9.17) is 9.84 Å². The molecule has 7 nitrogen and oxygen atoms in total. The van der Waals surface area contributed by atoms with Crippen LogP contribution in [0.3, 0.4) is 0 Å². The normalized spacial score (nSPS) is 22.4. The highest BCUT2D eigenvalue weighted by atomic mass is 16.5. The number of nitrogens with one attached hydrogen (secondary N) is 1. The van der Waals surface area contributed by atoms with Gasteiger partial charge in [-0.1, -0.05) is 0 Å². The van der Waals surface area contributed by atoms with Gasteiger partial charge in [0.05, 0.1) is 6.54 Å². The summed E-state index contributed by atoms with van der Waals surface area (Å²) in [5.74, 6) is -1.69. The van der Waals surface area contributed by atoms with Crippen LogP contribution in [0.5, 0.6) is 0 Å². The third-order valence-corrected chi connectivity index (χ3v) is 2.84. The van der Waals surface area contributed by atoms with Gasteiger partial charge in [0.15, 0.2) is 6.10 Å². The minimum atomic E-state index is -1.06. The van der Waals surface area contributed by atoms with Gasteiger partial charge in [-0.3, -0.25) is 9.59 Å². The summed E-state index contributed by atoms with van der Waals surface area (Å²) in [4.78, 5) is 35.8. The molecule has 1 aliphatic heterocycles. The summed E-state index contributed by atoms with van der Waals surface area (Å²) in [7, 11) is 1.50. The van der Waals surface area contributed by atoms with E-state index in [1.165, 1.54) is 11.9 Å². The minimum absolute atomic E-state index is 0.0757. The van der Waals surface area contributed by atoms with Gasteiger partial charge in [0.25, 0.3) is 5.91 Å². The third kappa shape index (κ3) is 4.80. The molecule has 2 amide bonds. The van der Waals surface area contributed by atoms with Crippen molar-refractivity contribution >= 4 is 17.8 Å². The van der Waals surface area contributed by atoms with Crippen molar-refractivity contribution in [3.8, 4) is 0 Å². The number of rotatable bonds is 4. The average molecular weight is 286 g/mol. The number of amides is 2. The summed E-state index contributed by atoms with van der Waals surface area (Å²) in [6.45, 7) is 5.48. The van der Waals surface area contributed by atoms with Crippen LogP contribution in [0, 0.1) is 0 Å². The Hall–Kier alpha value is -1.63. The summed E-state index contributed by atoms with van der Waals surface area (Å²) in [6.07, 6.45) is -1.03. The molecular formula is C13H22N2O5. The summed E-state index contributed by atoms with van der Waals surface area (Å²) in [5.41, 5.74) is -0.362. The molecule has 0 aromatic heterocycles. The van der Waals surface area contributed by atoms with Gasteiger partial charge < -0.3 is 20.1 Å². The van der Waals surface area contributed by atoms with Crippen molar-refractivity contribution in [3.05, 3.63) is 0 Å². The first-order chi connectivity index (χ1) is 9.10. The number of hydrogen-bond donors (Lipinski definition) is 2. The number of carbonyl (C=O) groups excluding carboxylic acids is 2. The lowest BCUT2D eigenvalue weighted by Gasteiger charge is -2.24. The van der Waals surface area contributed by atoms with Crippen LogP contribution < -0.4 is 5.32 Å². The average Bonchev–Trinajstić information content (AvgIpc) is 2.74. The number of hydrogen-bond acceptors (Lipinski definition) is 4. The molecule has 1 saturated heterocycles. The molecule has 1 fully saturated rings. The van der Waals surface area contributed by atoms with Gasteiger partial charge in [-0.25, -0.2) is 4.79 Å². The zero-order valence-corrected chi connectivity index (χ0v) is 12.3. The quantitative estimate of drug-likeness (QED) is 0.758. The predicted molar refractivity (Wildman–Crippen MR) is 71.1 cm³/mol. The number of likely N-dealkylation sites (N-methyl/N-ethyl adjacent to an activating group) is 1. The highest BCUT2D eigenvalue weighted by molar-refractivity contribution is 5.87. The Labute approximate surface area is 118 Å². The van der Waals surface area contributed by atoms with Crippen LogP contribution in [-0.2, 0) is 19.1 Å². The van der Waals surface area contributed by atoms with Gasteiger partial charge in [0.2, 0.25) is 5.91 Å². The van der Waals surface area contributed by atoms with Gasteiger partial charge in [-0.15, -0.1) is 0 Å². The van der Waals surface area contributed by atoms with Gasteiger partial charge in [-0.05, 0) is 33.6 Å². The van der Waals surface area contributed by atoms with Crippen LogP contribution >= 0.6 is 0 Å². The number of ether oxygens (including phenoxy) is 1. The van der Waals surface area contributed by atoms with Crippen molar-refractivity contribution in [2.75, 3.05) is 13.6 Å². The molecule has 2 unspecified atom stereocenters. The molecule has 0 bridgehead atoms. The van der Waals surface area contributed by atoms with Crippen molar-refractivity contribution in [1.82, 2.24) is 10.2 Å². The van der Waals surface area contributed by atoms with E-state index in [1.54, 1.807) is 0 Å². The Kier molecular flexibility index (Phi) is 5.10. The molecule has 2 atom stereocenters. The van der Waals surface area contributed by atoms with E-state index in [9.17, 15) is 14.4 Å². The standard InChI is InChI=1S/C13H22N2O5/c1-13(2,3)14-10(16)7-15(4)11(17)8-5-6-9(20-8)12(18)19/h8-9H,5-7H2,1-4H3,(H,14,16)(H,18,19). The zero-order chi connectivity index (χ0) is 15.5. The number of carbonyl (C=O) groups is 3. The molecule has 20 heavy (non-hydrogen) atoms. The highest BCUT2D eigenvalue weighted by Gasteiger charge is 2.36. The molecule has 0 aliphatic carbocycles. The van der Waals surface area contributed by atoms with E-state index in [-0.39, 0.29) is 23.9 Å². The molecule has 1 aliphatic rings. The molecule has 0 spiro atoms. The number of nitrogens with zero attached hydrogens (tertiary/aromatic N) is 1. The second-order valence-corrected chi connectivity index (χ2v) is 6.02.